The molecule has 0 spiro atoms. The van der Waals surface area contributed by atoms with Crippen LogP contribution in [0.1, 0.15) is 37.8 Å². The minimum Gasteiger partial charge on any atom is -0.311 e. The number of fused-ring (bicyclic) bond motifs is 1. The van der Waals surface area contributed by atoms with E-state index in [4.69, 9.17) is 0 Å². The molecule has 0 bridgehead atoms. The van der Waals surface area contributed by atoms with Gasteiger partial charge in [0.1, 0.15) is 0 Å². The van der Waals surface area contributed by atoms with E-state index in [1.807, 2.05) is 0 Å². The summed E-state index contributed by atoms with van der Waals surface area (Å²) in [6.45, 7) is 4.52. The lowest BCUT2D eigenvalue weighted by molar-refractivity contribution is 0.401. The van der Waals surface area contributed by atoms with Crippen molar-refractivity contribution in [2.75, 3.05) is 0 Å². The number of hydrogen-bond donors (Lipinski definition) is 1. The van der Waals surface area contributed by atoms with Crippen LogP contribution >= 0.6 is 0 Å². The highest BCUT2D eigenvalue weighted by atomic mass is 14.9. The molecule has 2 atom stereocenters. The lowest BCUT2D eigenvalue weighted by Crippen LogP contribution is -2.39. The van der Waals surface area contributed by atoms with E-state index in [1.54, 1.807) is 11.1 Å². The van der Waals surface area contributed by atoms with Crippen molar-refractivity contribution in [1.29, 1.82) is 0 Å². The second kappa shape index (κ2) is 4.80. The quantitative estimate of drug-likeness (QED) is 0.796. The molecular formula is C14H21N. The van der Waals surface area contributed by atoms with Gasteiger partial charge in [0.25, 0.3) is 0 Å². The maximum atomic E-state index is 3.71. The van der Waals surface area contributed by atoms with E-state index < -0.39 is 0 Å². The summed E-state index contributed by atoms with van der Waals surface area (Å²) in [6.07, 6.45) is 4.96. The molecule has 0 saturated carbocycles. The minimum absolute atomic E-state index is 0.653. The van der Waals surface area contributed by atoms with Crippen LogP contribution in [0.3, 0.4) is 0 Å². The van der Waals surface area contributed by atoms with Gasteiger partial charge in [0.2, 0.25) is 0 Å². The highest BCUT2D eigenvalue weighted by Gasteiger charge is 2.18. The number of nitrogens with one attached hydrogen (secondary N) is 1. The number of aryl methyl sites for hydroxylation is 1. The Kier molecular flexibility index (Phi) is 3.42. The van der Waals surface area contributed by atoms with Crippen LogP contribution in [0.25, 0.3) is 0 Å². The van der Waals surface area contributed by atoms with Crippen LogP contribution in [0.2, 0.25) is 0 Å². The summed E-state index contributed by atoms with van der Waals surface area (Å²) in [6, 6.07) is 10.2. The maximum Gasteiger partial charge on any atom is 0.0113 e. The van der Waals surface area contributed by atoms with Crippen molar-refractivity contribution in [3.63, 3.8) is 0 Å². The Morgan fingerprint density at radius 2 is 2.07 bits per heavy atom. The molecule has 1 nitrogen and oxygen atoms in total. The third-order valence-electron chi connectivity index (χ3n) is 3.48. The summed E-state index contributed by atoms with van der Waals surface area (Å²) in [7, 11) is 0. The molecule has 1 N–H and O–H groups in total. The lowest BCUT2D eigenvalue weighted by Gasteiger charge is -2.28. The molecule has 0 heterocycles. The van der Waals surface area contributed by atoms with Crippen LogP contribution < -0.4 is 5.32 Å². The molecule has 82 valence electrons. The summed E-state index contributed by atoms with van der Waals surface area (Å²) in [5.74, 6) is 0. The van der Waals surface area contributed by atoms with Crippen LogP contribution in [0, 0.1) is 0 Å². The van der Waals surface area contributed by atoms with Crippen molar-refractivity contribution >= 4 is 0 Å². The third kappa shape index (κ3) is 2.60. The average Bonchev–Trinajstić information content (AvgIpc) is 2.29. The summed E-state index contributed by atoms with van der Waals surface area (Å²) in [5.41, 5.74) is 3.10. The van der Waals surface area contributed by atoms with E-state index in [1.165, 1.54) is 25.7 Å². The predicted molar refractivity (Wildman–Crippen MR) is 65.1 cm³/mol. The normalized spacial score (nSPS) is 22.1. The average molecular weight is 203 g/mol. The fraction of sp³-hybridized carbons (Fsp3) is 0.571. The van der Waals surface area contributed by atoms with Gasteiger partial charge in [0, 0.05) is 12.1 Å². The zero-order chi connectivity index (χ0) is 10.7. The van der Waals surface area contributed by atoms with E-state index in [-0.39, 0.29) is 0 Å². The van der Waals surface area contributed by atoms with Crippen molar-refractivity contribution < 1.29 is 0 Å². The van der Waals surface area contributed by atoms with Crippen LogP contribution in [0.15, 0.2) is 24.3 Å². The number of hydrogen-bond acceptors (Lipinski definition) is 1. The van der Waals surface area contributed by atoms with E-state index >= 15 is 0 Å². The Balaban J connectivity index is 1.99. The Labute approximate surface area is 92.9 Å². The molecule has 0 aliphatic heterocycles. The molecule has 0 aromatic heterocycles. The second-order valence-corrected chi connectivity index (χ2v) is 4.68. The SMILES string of the molecule is CC[C@@H](C)N[C@H]1CCc2ccccc2C1. The summed E-state index contributed by atoms with van der Waals surface area (Å²) >= 11 is 0. The largest absolute Gasteiger partial charge is 0.311 e. The van der Waals surface area contributed by atoms with Crippen molar-refractivity contribution in [3.8, 4) is 0 Å². The first kappa shape index (κ1) is 10.7. The van der Waals surface area contributed by atoms with Gasteiger partial charge in [-0.3, -0.25) is 0 Å². The fourth-order valence-electron chi connectivity index (χ4n) is 2.36. The van der Waals surface area contributed by atoms with Crippen LogP contribution in [0.4, 0.5) is 0 Å². The molecule has 1 heteroatoms. The molecule has 0 unspecified atom stereocenters. The topological polar surface area (TPSA) is 12.0 Å². The first-order valence-electron chi connectivity index (χ1n) is 6.12. The van der Waals surface area contributed by atoms with Gasteiger partial charge in [0.05, 0.1) is 0 Å². The standard InChI is InChI=1S/C14H21N/c1-3-11(2)15-14-9-8-12-6-4-5-7-13(12)10-14/h4-7,11,14-15H,3,8-10H2,1-2H3/t11-,14+/m1/s1. The van der Waals surface area contributed by atoms with E-state index in [0.717, 1.165) is 0 Å². The molecule has 1 aromatic carbocycles. The van der Waals surface area contributed by atoms with Gasteiger partial charge in [-0.15, -0.1) is 0 Å². The van der Waals surface area contributed by atoms with E-state index in [2.05, 4.69) is 43.4 Å². The van der Waals surface area contributed by atoms with Crippen LogP contribution in [0.5, 0.6) is 0 Å². The monoisotopic (exact) mass is 203 g/mol. The zero-order valence-corrected chi connectivity index (χ0v) is 9.79. The van der Waals surface area contributed by atoms with Gasteiger partial charge < -0.3 is 5.32 Å². The first-order chi connectivity index (χ1) is 7.29. The smallest absolute Gasteiger partial charge is 0.0113 e. The van der Waals surface area contributed by atoms with Gasteiger partial charge >= 0.3 is 0 Å². The highest BCUT2D eigenvalue weighted by molar-refractivity contribution is 5.30. The van der Waals surface area contributed by atoms with Gasteiger partial charge in [-0.05, 0) is 43.7 Å². The summed E-state index contributed by atoms with van der Waals surface area (Å²) < 4.78 is 0. The van der Waals surface area contributed by atoms with E-state index in [9.17, 15) is 0 Å². The molecular weight excluding hydrogens is 182 g/mol. The van der Waals surface area contributed by atoms with Crippen molar-refractivity contribution in [1.82, 2.24) is 5.32 Å². The molecule has 1 aromatic rings. The molecule has 0 saturated heterocycles. The highest BCUT2D eigenvalue weighted by Crippen LogP contribution is 2.21. The molecule has 15 heavy (non-hydrogen) atoms. The van der Waals surface area contributed by atoms with Gasteiger partial charge in [-0.25, -0.2) is 0 Å². The summed E-state index contributed by atoms with van der Waals surface area (Å²) in [4.78, 5) is 0. The minimum atomic E-state index is 0.653. The zero-order valence-electron chi connectivity index (χ0n) is 9.79. The third-order valence-corrected chi connectivity index (χ3v) is 3.48. The predicted octanol–water partition coefficient (Wildman–Crippen LogP) is 2.93. The van der Waals surface area contributed by atoms with Crippen molar-refractivity contribution in [3.05, 3.63) is 35.4 Å². The molecule has 1 aliphatic rings. The second-order valence-electron chi connectivity index (χ2n) is 4.68. The molecule has 0 amide bonds. The fourth-order valence-corrected chi connectivity index (χ4v) is 2.36. The Hall–Kier alpha value is -0.820. The number of rotatable bonds is 3. The van der Waals surface area contributed by atoms with Gasteiger partial charge in [0.15, 0.2) is 0 Å². The Bertz CT molecular complexity index is 319. The van der Waals surface area contributed by atoms with Crippen LogP contribution in [-0.2, 0) is 12.8 Å². The molecule has 0 radical (unpaired) electrons. The van der Waals surface area contributed by atoms with E-state index in [0.29, 0.717) is 12.1 Å². The molecule has 0 fully saturated rings. The molecule has 2 rings (SSSR count). The van der Waals surface area contributed by atoms with Crippen LogP contribution in [-0.4, -0.2) is 12.1 Å². The lowest BCUT2D eigenvalue weighted by atomic mass is 9.88. The van der Waals surface area contributed by atoms with Gasteiger partial charge in [-0.2, -0.15) is 0 Å². The van der Waals surface area contributed by atoms with Crippen molar-refractivity contribution in [2.24, 2.45) is 0 Å². The van der Waals surface area contributed by atoms with Crippen molar-refractivity contribution in [2.45, 2.75) is 51.6 Å². The number of benzene rings is 1. The Morgan fingerprint density at radius 3 is 2.80 bits per heavy atom. The maximum absolute atomic E-state index is 3.71. The molecule has 1 aliphatic carbocycles. The Morgan fingerprint density at radius 1 is 1.33 bits per heavy atom. The summed E-state index contributed by atoms with van der Waals surface area (Å²) in [5, 5.41) is 3.71. The van der Waals surface area contributed by atoms with Gasteiger partial charge in [-0.1, -0.05) is 31.2 Å². The first-order valence-corrected chi connectivity index (χ1v) is 6.12.